The van der Waals surface area contributed by atoms with Gasteiger partial charge in [0.25, 0.3) is 0 Å². The van der Waals surface area contributed by atoms with Gasteiger partial charge in [-0.05, 0) is 18.3 Å². The van der Waals surface area contributed by atoms with E-state index in [4.69, 9.17) is 10.5 Å². The molecule has 1 aromatic rings. The van der Waals surface area contributed by atoms with Crippen molar-refractivity contribution in [2.45, 2.75) is 13.3 Å². The molecule has 0 spiro atoms. The number of rotatable bonds is 4. The highest BCUT2D eigenvalue weighted by Crippen LogP contribution is 2.38. The van der Waals surface area contributed by atoms with Crippen LogP contribution in [0.5, 0.6) is 6.01 Å². The zero-order valence-electron chi connectivity index (χ0n) is 9.84. The van der Waals surface area contributed by atoms with Gasteiger partial charge in [0.1, 0.15) is 0 Å². The Morgan fingerprint density at radius 3 is 2.69 bits per heavy atom. The molecule has 1 saturated carbocycles. The van der Waals surface area contributed by atoms with Crippen molar-refractivity contribution in [3.05, 3.63) is 0 Å². The van der Waals surface area contributed by atoms with Crippen LogP contribution in [0.25, 0.3) is 0 Å². The first kappa shape index (κ1) is 10.9. The number of nitrogens with two attached hydrogens (primary N) is 1. The topological polar surface area (TPSA) is 77.2 Å². The SMILES string of the molecule is COc1nc(N)nc(N(C)CC2CC2C)n1. The molecule has 0 amide bonds. The highest BCUT2D eigenvalue weighted by molar-refractivity contribution is 5.35. The minimum Gasteiger partial charge on any atom is -0.467 e. The van der Waals surface area contributed by atoms with Crippen LogP contribution in [0, 0.1) is 11.8 Å². The highest BCUT2D eigenvalue weighted by Gasteiger charge is 2.33. The number of methoxy groups -OCH3 is 1. The lowest BCUT2D eigenvalue weighted by molar-refractivity contribution is 0.379. The van der Waals surface area contributed by atoms with Gasteiger partial charge in [-0.3, -0.25) is 0 Å². The number of nitrogen functional groups attached to an aromatic ring is 1. The maximum Gasteiger partial charge on any atom is 0.322 e. The van der Waals surface area contributed by atoms with E-state index in [0.29, 0.717) is 5.95 Å². The molecular formula is C10H17N5O. The Morgan fingerprint density at radius 2 is 2.12 bits per heavy atom. The molecule has 0 radical (unpaired) electrons. The molecule has 0 aliphatic heterocycles. The van der Waals surface area contributed by atoms with Crippen LogP contribution in [0.1, 0.15) is 13.3 Å². The van der Waals surface area contributed by atoms with Crippen LogP contribution in [-0.4, -0.2) is 35.7 Å². The van der Waals surface area contributed by atoms with Crippen molar-refractivity contribution in [2.24, 2.45) is 11.8 Å². The van der Waals surface area contributed by atoms with Crippen molar-refractivity contribution in [3.8, 4) is 6.01 Å². The van der Waals surface area contributed by atoms with Crippen molar-refractivity contribution < 1.29 is 4.74 Å². The maximum atomic E-state index is 5.58. The molecule has 1 aliphatic rings. The summed E-state index contributed by atoms with van der Waals surface area (Å²) in [4.78, 5) is 14.1. The van der Waals surface area contributed by atoms with Gasteiger partial charge in [-0.15, -0.1) is 0 Å². The van der Waals surface area contributed by atoms with Gasteiger partial charge < -0.3 is 15.4 Å². The predicted molar refractivity (Wildman–Crippen MR) is 61.3 cm³/mol. The number of hydrogen-bond donors (Lipinski definition) is 1. The molecule has 2 N–H and O–H groups in total. The summed E-state index contributed by atoms with van der Waals surface area (Å²) in [5.41, 5.74) is 5.58. The minimum atomic E-state index is 0.192. The summed E-state index contributed by atoms with van der Waals surface area (Å²) < 4.78 is 4.96. The lowest BCUT2D eigenvalue weighted by atomic mass is 10.3. The lowest BCUT2D eigenvalue weighted by Gasteiger charge is -2.17. The fourth-order valence-electron chi connectivity index (χ4n) is 1.71. The minimum absolute atomic E-state index is 0.192. The Hall–Kier alpha value is -1.59. The maximum absolute atomic E-state index is 5.58. The average molecular weight is 223 g/mol. The molecule has 6 nitrogen and oxygen atoms in total. The molecule has 16 heavy (non-hydrogen) atoms. The highest BCUT2D eigenvalue weighted by atomic mass is 16.5. The molecule has 1 fully saturated rings. The van der Waals surface area contributed by atoms with Crippen LogP contribution in [0.2, 0.25) is 0 Å². The fourth-order valence-corrected chi connectivity index (χ4v) is 1.71. The Morgan fingerprint density at radius 1 is 1.44 bits per heavy atom. The monoisotopic (exact) mass is 223 g/mol. The van der Waals surface area contributed by atoms with E-state index in [0.717, 1.165) is 18.4 Å². The molecular weight excluding hydrogens is 206 g/mol. The van der Waals surface area contributed by atoms with Gasteiger partial charge in [-0.25, -0.2) is 0 Å². The van der Waals surface area contributed by atoms with Crippen molar-refractivity contribution in [1.82, 2.24) is 15.0 Å². The second kappa shape index (κ2) is 4.11. The van der Waals surface area contributed by atoms with Crippen molar-refractivity contribution in [2.75, 3.05) is 31.3 Å². The van der Waals surface area contributed by atoms with E-state index in [1.165, 1.54) is 13.5 Å². The Balaban J connectivity index is 2.09. The standard InChI is InChI=1S/C10H17N5O/c1-6-4-7(6)5-15(2)9-12-8(11)13-10(14-9)16-3/h6-7H,4-5H2,1-3H3,(H2,11,12,13,14). The van der Waals surface area contributed by atoms with Crippen LogP contribution in [0.4, 0.5) is 11.9 Å². The molecule has 1 aromatic heterocycles. The largest absolute Gasteiger partial charge is 0.467 e. The zero-order valence-corrected chi connectivity index (χ0v) is 9.84. The third kappa shape index (κ3) is 2.32. The summed E-state index contributed by atoms with van der Waals surface area (Å²) >= 11 is 0. The van der Waals surface area contributed by atoms with E-state index in [1.807, 2.05) is 11.9 Å². The molecule has 6 heteroatoms. The number of aromatic nitrogens is 3. The summed E-state index contributed by atoms with van der Waals surface area (Å²) in [6.07, 6.45) is 1.28. The van der Waals surface area contributed by atoms with Crippen LogP contribution >= 0.6 is 0 Å². The second-order valence-corrected chi connectivity index (χ2v) is 4.33. The van der Waals surface area contributed by atoms with Gasteiger partial charge in [0.15, 0.2) is 0 Å². The normalized spacial score (nSPS) is 22.9. The molecule has 1 aliphatic carbocycles. The molecule has 0 bridgehead atoms. The second-order valence-electron chi connectivity index (χ2n) is 4.33. The first-order chi connectivity index (χ1) is 7.60. The van der Waals surface area contributed by atoms with Crippen LogP contribution in [-0.2, 0) is 0 Å². The van der Waals surface area contributed by atoms with Crippen LogP contribution < -0.4 is 15.4 Å². The van der Waals surface area contributed by atoms with Crippen LogP contribution in [0.15, 0.2) is 0 Å². The molecule has 2 rings (SSSR count). The number of nitrogens with zero attached hydrogens (tertiary/aromatic N) is 4. The lowest BCUT2D eigenvalue weighted by Crippen LogP contribution is -2.23. The van der Waals surface area contributed by atoms with Gasteiger partial charge in [-0.2, -0.15) is 15.0 Å². The Kier molecular flexibility index (Phi) is 2.80. The molecule has 2 unspecified atom stereocenters. The molecule has 0 saturated heterocycles. The molecule has 88 valence electrons. The van der Waals surface area contributed by atoms with Gasteiger partial charge in [0, 0.05) is 13.6 Å². The van der Waals surface area contributed by atoms with Gasteiger partial charge in [0.05, 0.1) is 7.11 Å². The summed E-state index contributed by atoms with van der Waals surface area (Å²) in [5, 5.41) is 0. The van der Waals surface area contributed by atoms with Gasteiger partial charge in [-0.1, -0.05) is 6.92 Å². The first-order valence-corrected chi connectivity index (χ1v) is 5.37. The van der Waals surface area contributed by atoms with E-state index >= 15 is 0 Å². The van der Waals surface area contributed by atoms with Gasteiger partial charge >= 0.3 is 6.01 Å². The molecule has 2 atom stereocenters. The summed E-state index contributed by atoms with van der Waals surface area (Å²) in [5.74, 6) is 2.32. The number of anilines is 2. The smallest absolute Gasteiger partial charge is 0.322 e. The Bertz CT molecular complexity index is 383. The Labute approximate surface area is 94.9 Å². The van der Waals surface area contributed by atoms with Gasteiger partial charge in [0.2, 0.25) is 11.9 Å². The third-order valence-corrected chi connectivity index (χ3v) is 2.93. The molecule has 1 heterocycles. The van der Waals surface area contributed by atoms with E-state index in [9.17, 15) is 0 Å². The average Bonchev–Trinajstić information content (AvgIpc) is 2.93. The zero-order chi connectivity index (χ0) is 11.7. The van der Waals surface area contributed by atoms with E-state index in [-0.39, 0.29) is 12.0 Å². The van der Waals surface area contributed by atoms with Crippen LogP contribution in [0.3, 0.4) is 0 Å². The predicted octanol–water partition coefficient (Wildman–Crippen LogP) is 0.555. The summed E-state index contributed by atoms with van der Waals surface area (Å²) in [6, 6.07) is 0.262. The number of ether oxygens (including phenoxy) is 1. The van der Waals surface area contributed by atoms with Crippen molar-refractivity contribution in [3.63, 3.8) is 0 Å². The summed E-state index contributed by atoms with van der Waals surface area (Å²) in [6.45, 7) is 3.20. The van der Waals surface area contributed by atoms with Crippen molar-refractivity contribution >= 4 is 11.9 Å². The van der Waals surface area contributed by atoms with Crippen molar-refractivity contribution in [1.29, 1.82) is 0 Å². The first-order valence-electron chi connectivity index (χ1n) is 5.37. The summed E-state index contributed by atoms with van der Waals surface area (Å²) in [7, 11) is 3.47. The third-order valence-electron chi connectivity index (χ3n) is 2.93. The van der Waals surface area contributed by atoms with E-state index < -0.39 is 0 Å². The molecule has 0 aromatic carbocycles. The van der Waals surface area contributed by atoms with E-state index in [2.05, 4.69) is 21.9 Å². The quantitative estimate of drug-likeness (QED) is 0.803. The fraction of sp³-hybridized carbons (Fsp3) is 0.700. The van der Waals surface area contributed by atoms with E-state index in [1.54, 1.807) is 0 Å². The number of hydrogen-bond acceptors (Lipinski definition) is 6.